The number of carbonyl (C=O) groups is 1. The predicted molar refractivity (Wildman–Crippen MR) is 72.2 cm³/mol. The zero-order chi connectivity index (χ0) is 13.7. The molecule has 5 nitrogen and oxygen atoms in total. The molecule has 0 radical (unpaired) electrons. The van der Waals surface area contributed by atoms with Crippen LogP contribution in [0.2, 0.25) is 0 Å². The maximum Gasteiger partial charge on any atom is 0.159 e. The third-order valence-electron chi connectivity index (χ3n) is 2.52. The molecule has 2 aromatic rings. The van der Waals surface area contributed by atoms with Crippen molar-refractivity contribution in [2.24, 2.45) is 5.22 Å². The van der Waals surface area contributed by atoms with E-state index in [4.69, 9.17) is 0 Å². The third-order valence-corrected chi connectivity index (χ3v) is 2.52. The van der Waals surface area contributed by atoms with Gasteiger partial charge in [-0.1, -0.05) is 30.3 Å². The van der Waals surface area contributed by atoms with Gasteiger partial charge in [-0.2, -0.15) is 0 Å². The number of benzene rings is 2. The van der Waals surface area contributed by atoms with Gasteiger partial charge in [0.2, 0.25) is 0 Å². The molecule has 2 aromatic carbocycles. The van der Waals surface area contributed by atoms with E-state index in [2.05, 4.69) is 10.6 Å². The minimum atomic E-state index is -0.0364. The lowest BCUT2D eigenvalue weighted by Crippen LogP contribution is -1.99. The highest BCUT2D eigenvalue weighted by molar-refractivity contribution is 5.94. The highest BCUT2D eigenvalue weighted by Crippen LogP contribution is 2.13. The summed E-state index contributed by atoms with van der Waals surface area (Å²) in [5.41, 5.74) is 4.21. The van der Waals surface area contributed by atoms with Crippen molar-refractivity contribution >= 4 is 17.2 Å². The van der Waals surface area contributed by atoms with Gasteiger partial charge in [0, 0.05) is 5.56 Å². The predicted octanol–water partition coefficient (Wildman–Crippen LogP) is 3.51. The lowest BCUT2D eigenvalue weighted by atomic mass is 10.1. The van der Waals surface area contributed by atoms with Crippen molar-refractivity contribution in [3.8, 4) is 0 Å². The molecule has 5 heteroatoms. The Morgan fingerprint density at radius 1 is 1.16 bits per heavy atom. The smallest absolute Gasteiger partial charge is 0.159 e. The van der Waals surface area contributed by atoms with E-state index in [-0.39, 0.29) is 5.78 Å². The Balaban J connectivity index is 2.14. The number of ketones is 1. The summed E-state index contributed by atoms with van der Waals surface area (Å²) in [6, 6.07) is 15.5. The fourth-order valence-electron chi connectivity index (χ4n) is 1.52. The van der Waals surface area contributed by atoms with Crippen molar-refractivity contribution in [3.63, 3.8) is 0 Å². The Kier molecular flexibility index (Phi) is 3.87. The zero-order valence-electron chi connectivity index (χ0n) is 10.4. The molecule has 0 spiro atoms. The molecule has 19 heavy (non-hydrogen) atoms. The van der Waals surface area contributed by atoms with E-state index in [1.54, 1.807) is 48.5 Å². The standard InChI is InChI=1S/C14H13N3O2/c1-11(18)12-6-5-7-13(10-12)15-16-17(19)14-8-3-2-4-9-14/h2-10,15H,1H3/b17-16-. The molecule has 0 bridgehead atoms. The average Bonchev–Trinajstić information content (AvgIpc) is 2.46. The van der Waals surface area contributed by atoms with Crippen molar-refractivity contribution in [1.29, 1.82) is 0 Å². The molecule has 0 amide bonds. The summed E-state index contributed by atoms with van der Waals surface area (Å²) in [4.78, 5) is 11.7. The van der Waals surface area contributed by atoms with E-state index in [0.29, 0.717) is 21.8 Å². The van der Waals surface area contributed by atoms with Crippen molar-refractivity contribution in [2.45, 2.75) is 6.92 Å². The molecule has 0 atom stereocenters. The van der Waals surface area contributed by atoms with Gasteiger partial charge in [-0.15, -0.1) is 10.3 Å². The topological polar surface area (TPSA) is 67.5 Å². The Morgan fingerprint density at radius 3 is 2.58 bits per heavy atom. The second-order valence-corrected chi connectivity index (χ2v) is 3.96. The number of carbonyl (C=O) groups excluding carboxylic acids is 1. The minimum absolute atomic E-state index is 0.0364. The molecular weight excluding hydrogens is 242 g/mol. The third kappa shape index (κ3) is 3.38. The van der Waals surface area contributed by atoms with E-state index >= 15 is 0 Å². The van der Waals surface area contributed by atoms with E-state index in [1.807, 2.05) is 6.07 Å². The van der Waals surface area contributed by atoms with Gasteiger partial charge >= 0.3 is 0 Å². The largest absolute Gasteiger partial charge is 0.691 e. The van der Waals surface area contributed by atoms with E-state index in [9.17, 15) is 10.0 Å². The average molecular weight is 255 g/mol. The lowest BCUT2D eigenvalue weighted by Gasteiger charge is -2.04. The summed E-state index contributed by atoms with van der Waals surface area (Å²) < 4.78 is 0. The van der Waals surface area contributed by atoms with Gasteiger partial charge in [0.1, 0.15) is 5.69 Å². The van der Waals surface area contributed by atoms with Gasteiger partial charge in [0.05, 0.1) is 5.22 Å². The van der Waals surface area contributed by atoms with Gasteiger partial charge in [0.25, 0.3) is 0 Å². The van der Waals surface area contributed by atoms with Crippen LogP contribution in [0.5, 0.6) is 0 Å². The van der Waals surface area contributed by atoms with Crippen LogP contribution in [0.15, 0.2) is 59.8 Å². The van der Waals surface area contributed by atoms with E-state index in [1.165, 1.54) is 6.92 Å². The number of nitrogens with one attached hydrogen (secondary N) is 1. The van der Waals surface area contributed by atoms with Crippen LogP contribution in [0.3, 0.4) is 0 Å². The molecule has 0 aromatic heterocycles. The van der Waals surface area contributed by atoms with Crippen molar-refractivity contribution in [2.75, 3.05) is 5.43 Å². The normalized spacial score (nSPS) is 11.1. The van der Waals surface area contributed by atoms with Crippen LogP contribution in [0, 0.1) is 5.21 Å². The lowest BCUT2D eigenvalue weighted by molar-refractivity contribution is -0.439. The summed E-state index contributed by atoms with van der Waals surface area (Å²) in [5, 5.41) is 15.3. The maximum absolute atomic E-state index is 11.7. The van der Waals surface area contributed by atoms with Gasteiger partial charge in [-0.25, -0.2) is 0 Å². The Morgan fingerprint density at radius 2 is 1.89 bits per heavy atom. The Bertz CT molecular complexity index is 609. The molecule has 0 aliphatic heterocycles. The maximum atomic E-state index is 11.7. The monoisotopic (exact) mass is 255 g/mol. The highest BCUT2D eigenvalue weighted by atomic mass is 16.5. The van der Waals surface area contributed by atoms with Crippen LogP contribution < -0.4 is 5.43 Å². The van der Waals surface area contributed by atoms with Crippen molar-refractivity contribution in [3.05, 3.63) is 65.4 Å². The molecule has 0 fully saturated rings. The fraction of sp³-hybridized carbons (Fsp3) is 0.0714. The Labute approximate surface area is 110 Å². The number of hydrogen-bond donors (Lipinski definition) is 1. The molecule has 1 N–H and O–H groups in total. The summed E-state index contributed by atoms with van der Waals surface area (Å²) in [6.07, 6.45) is 0. The van der Waals surface area contributed by atoms with Crippen molar-refractivity contribution in [1.82, 2.24) is 0 Å². The van der Waals surface area contributed by atoms with Crippen LogP contribution in [0.4, 0.5) is 11.4 Å². The first kappa shape index (κ1) is 12.8. The summed E-state index contributed by atoms with van der Waals surface area (Å²) >= 11 is 0. The van der Waals surface area contributed by atoms with Gasteiger partial charge in [0.15, 0.2) is 11.5 Å². The molecular formula is C14H13N3O2. The fourth-order valence-corrected chi connectivity index (χ4v) is 1.52. The van der Waals surface area contributed by atoms with Gasteiger partial charge < -0.3 is 5.21 Å². The second kappa shape index (κ2) is 5.77. The molecule has 0 aliphatic carbocycles. The van der Waals surface area contributed by atoms with Crippen LogP contribution in [-0.4, -0.2) is 10.6 Å². The highest BCUT2D eigenvalue weighted by Gasteiger charge is 2.03. The van der Waals surface area contributed by atoms with Crippen LogP contribution >= 0.6 is 0 Å². The number of Topliss-reactive ketones (excluding diaryl/α,β-unsaturated/α-hetero) is 1. The number of anilines is 1. The molecule has 96 valence electrons. The quantitative estimate of drug-likeness (QED) is 0.393. The molecule has 2 rings (SSSR count). The summed E-state index contributed by atoms with van der Waals surface area (Å²) in [6.45, 7) is 1.49. The van der Waals surface area contributed by atoms with E-state index < -0.39 is 0 Å². The van der Waals surface area contributed by atoms with Crippen LogP contribution in [0.25, 0.3) is 0 Å². The molecule has 0 unspecified atom stereocenters. The molecule has 0 saturated carbocycles. The first-order chi connectivity index (χ1) is 9.16. The van der Waals surface area contributed by atoms with Crippen LogP contribution in [-0.2, 0) is 0 Å². The zero-order valence-corrected chi connectivity index (χ0v) is 10.4. The summed E-state index contributed by atoms with van der Waals surface area (Å²) in [7, 11) is 0. The number of rotatable bonds is 4. The van der Waals surface area contributed by atoms with Gasteiger partial charge in [-0.05, 0) is 31.2 Å². The number of para-hydroxylation sites is 1. The number of nitrogens with zero attached hydrogens (tertiary/aromatic N) is 2. The number of hydrogen-bond acceptors (Lipinski definition) is 3. The molecule has 0 aliphatic rings. The van der Waals surface area contributed by atoms with Crippen LogP contribution in [0.1, 0.15) is 17.3 Å². The second-order valence-electron chi connectivity index (χ2n) is 3.96. The van der Waals surface area contributed by atoms with Gasteiger partial charge in [-0.3, -0.25) is 4.79 Å². The van der Waals surface area contributed by atoms with Crippen molar-refractivity contribution < 1.29 is 9.66 Å². The first-order valence-electron chi connectivity index (χ1n) is 5.77. The molecule has 0 saturated heterocycles. The minimum Gasteiger partial charge on any atom is -0.691 e. The molecule has 0 heterocycles. The Hall–Kier alpha value is -2.69. The summed E-state index contributed by atoms with van der Waals surface area (Å²) in [5.74, 6) is -0.0364. The SMILES string of the molecule is CC(=O)c1cccc(N/N=[N+](\[O-])c2ccccc2)c1. The van der Waals surface area contributed by atoms with E-state index in [0.717, 1.165) is 0 Å². The first-order valence-corrected chi connectivity index (χ1v) is 5.77.